The molecule has 2 rings (SSSR count). The van der Waals surface area contributed by atoms with Crippen molar-refractivity contribution in [1.82, 2.24) is 14.7 Å². The highest BCUT2D eigenvalue weighted by Crippen LogP contribution is 2.25. The number of carbonyl (C=O) groups excluding carboxylic acids is 2. The zero-order valence-electron chi connectivity index (χ0n) is 13.4. The molecule has 1 aromatic rings. The molecule has 0 bridgehead atoms. The van der Waals surface area contributed by atoms with Crippen LogP contribution < -0.4 is 0 Å². The molecule has 122 valence electrons. The summed E-state index contributed by atoms with van der Waals surface area (Å²) in [6.07, 6.45) is -0.676. The third-order valence-electron chi connectivity index (χ3n) is 4.07. The first kappa shape index (κ1) is 16.9. The van der Waals surface area contributed by atoms with Crippen LogP contribution in [-0.4, -0.2) is 53.4 Å². The molecule has 3 amide bonds. The Kier molecular flexibility index (Phi) is 4.96. The van der Waals surface area contributed by atoms with Crippen molar-refractivity contribution in [2.24, 2.45) is 5.92 Å². The number of amides is 3. The standard InChI is InChI=1S/C16H19FN4O2/c1-4-21(10-11-6-5-7-12(17)8-11)14-13(9-18)15(22)20(3)16(23)19(14)2/h5-8,13-14H,4,10H2,1-3H3. The highest BCUT2D eigenvalue weighted by Gasteiger charge is 2.45. The molecule has 0 aromatic heterocycles. The number of hydrogen-bond acceptors (Lipinski definition) is 4. The fraction of sp³-hybridized carbons (Fsp3) is 0.438. The molecular weight excluding hydrogens is 299 g/mol. The minimum absolute atomic E-state index is 0.339. The van der Waals surface area contributed by atoms with Crippen molar-refractivity contribution < 1.29 is 14.0 Å². The number of hydrogen-bond donors (Lipinski definition) is 0. The zero-order chi connectivity index (χ0) is 17.1. The molecule has 1 fully saturated rings. The number of nitriles is 1. The molecule has 0 saturated carbocycles. The molecule has 0 spiro atoms. The summed E-state index contributed by atoms with van der Waals surface area (Å²) in [6.45, 7) is 2.72. The predicted octanol–water partition coefficient (Wildman–Crippen LogP) is 1.64. The maximum atomic E-state index is 13.4. The fourth-order valence-electron chi connectivity index (χ4n) is 2.84. The Morgan fingerprint density at radius 2 is 2.04 bits per heavy atom. The van der Waals surface area contributed by atoms with E-state index in [4.69, 9.17) is 0 Å². The van der Waals surface area contributed by atoms with Gasteiger partial charge in [-0.25, -0.2) is 9.18 Å². The van der Waals surface area contributed by atoms with Gasteiger partial charge in [0.1, 0.15) is 12.0 Å². The van der Waals surface area contributed by atoms with Crippen LogP contribution in [0.1, 0.15) is 12.5 Å². The van der Waals surface area contributed by atoms with Gasteiger partial charge in [0.05, 0.1) is 6.07 Å². The van der Waals surface area contributed by atoms with E-state index in [9.17, 15) is 19.2 Å². The Balaban J connectivity index is 2.32. The van der Waals surface area contributed by atoms with E-state index in [2.05, 4.69) is 0 Å². The first-order valence-corrected chi connectivity index (χ1v) is 7.33. The van der Waals surface area contributed by atoms with E-state index in [-0.39, 0.29) is 5.82 Å². The smallest absolute Gasteiger partial charge is 0.310 e. The summed E-state index contributed by atoms with van der Waals surface area (Å²) < 4.78 is 13.4. The van der Waals surface area contributed by atoms with Gasteiger partial charge in [-0.05, 0) is 24.2 Å². The highest BCUT2D eigenvalue weighted by molar-refractivity contribution is 5.99. The van der Waals surface area contributed by atoms with E-state index in [1.54, 1.807) is 19.2 Å². The first-order chi connectivity index (χ1) is 10.9. The van der Waals surface area contributed by atoms with Gasteiger partial charge in [-0.15, -0.1) is 0 Å². The van der Waals surface area contributed by atoms with Crippen LogP contribution in [0.2, 0.25) is 0 Å². The number of imide groups is 1. The van der Waals surface area contributed by atoms with Crippen LogP contribution in [0.5, 0.6) is 0 Å². The number of urea groups is 1. The van der Waals surface area contributed by atoms with Crippen molar-refractivity contribution in [2.45, 2.75) is 19.6 Å². The van der Waals surface area contributed by atoms with E-state index in [1.807, 2.05) is 17.9 Å². The summed E-state index contributed by atoms with van der Waals surface area (Å²) in [7, 11) is 2.93. The lowest BCUT2D eigenvalue weighted by Crippen LogP contribution is -2.64. The lowest BCUT2D eigenvalue weighted by atomic mass is 10.0. The summed E-state index contributed by atoms with van der Waals surface area (Å²) >= 11 is 0. The molecule has 1 saturated heterocycles. The Bertz CT molecular complexity index is 658. The van der Waals surface area contributed by atoms with Crippen molar-refractivity contribution in [3.63, 3.8) is 0 Å². The van der Waals surface area contributed by atoms with Gasteiger partial charge < -0.3 is 4.90 Å². The topological polar surface area (TPSA) is 67.6 Å². The van der Waals surface area contributed by atoms with E-state index >= 15 is 0 Å². The van der Waals surface area contributed by atoms with Crippen LogP contribution in [0, 0.1) is 23.1 Å². The molecule has 23 heavy (non-hydrogen) atoms. The molecule has 2 atom stereocenters. The Morgan fingerprint density at radius 3 is 2.61 bits per heavy atom. The average Bonchev–Trinajstić information content (AvgIpc) is 2.54. The highest BCUT2D eigenvalue weighted by atomic mass is 19.1. The number of rotatable bonds is 4. The van der Waals surface area contributed by atoms with Crippen LogP contribution in [0.4, 0.5) is 9.18 Å². The molecule has 1 heterocycles. The fourth-order valence-corrected chi connectivity index (χ4v) is 2.84. The number of carbonyl (C=O) groups is 2. The predicted molar refractivity (Wildman–Crippen MR) is 81.3 cm³/mol. The van der Waals surface area contributed by atoms with Crippen molar-refractivity contribution >= 4 is 11.9 Å². The minimum Gasteiger partial charge on any atom is -0.310 e. The van der Waals surface area contributed by atoms with E-state index in [1.165, 1.54) is 24.1 Å². The normalized spacial score (nSPS) is 21.7. The number of benzene rings is 1. The third kappa shape index (κ3) is 3.17. The van der Waals surface area contributed by atoms with E-state index in [0.717, 1.165) is 10.5 Å². The molecule has 0 radical (unpaired) electrons. The lowest BCUT2D eigenvalue weighted by molar-refractivity contribution is -0.138. The summed E-state index contributed by atoms with van der Waals surface area (Å²) in [4.78, 5) is 28.6. The van der Waals surface area contributed by atoms with Crippen LogP contribution in [0.3, 0.4) is 0 Å². The Labute approximate surface area is 134 Å². The van der Waals surface area contributed by atoms with Gasteiger partial charge in [0.25, 0.3) is 5.91 Å². The van der Waals surface area contributed by atoms with Gasteiger partial charge in [0, 0.05) is 20.6 Å². The molecule has 7 heteroatoms. The van der Waals surface area contributed by atoms with Crippen LogP contribution in [-0.2, 0) is 11.3 Å². The number of nitrogens with zero attached hydrogens (tertiary/aromatic N) is 4. The second-order valence-electron chi connectivity index (χ2n) is 5.50. The van der Waals surface area contributed by atoms with Crippen LogP contribution >= 0.6 is 0 Å². The van der Waals surface area contributed by atoms with E-state index < -0.39 is 24.0 Å². The molecule has 6 nitrogen and oxygen atoms in total. The van der Waals surface area contributed by atoms with Crippen molar-refractivity contribution in [3.8, 4) is 6.07 Å². The number of halogens is 1. The molecule has 1 aromatic carbocycles. The maximum absolute atomic E-state index is 13.4. The SMILES string of the molecule is CCN(Cc1cccc(F)c1)C1C(C#N)C(=O)N(C)C(=O)N1C. The Morgan fingerprint density at radius 1 is 1.35 bits per heavy atom. The largest absolute Gasteiger partial charge is 0.327 e. The van der Waals surface area contributed by atoms with Gasteiger partial charge in [-0.1, -0.05) is 19.1 Å². The van der Waals surface area contributed by atoms with Gasteiger partial charge in [0.2, 0.25) is 0 Å². The Hall–Kier alpha value is -2.46. The molecule has 0 aliphatic carbocycles. The van der Waals surface area contributed by atoms with Crippen molar-refractivity contribution in [2.75, 3.05) is 20.6 Å². The van der Waals surface area contributed by atoms with Gasteiger partial charge in [-0.3, -0.25) is 14.6 Å². The van der Waals surface area contributed by atoms with Crippen LogP contribution in [0.15, 0.2) is 24.3 Å². The summed E-state index contributed by atoms with van der Waals surface area (Å²) in [6, 6.07) is 7.68. The quantitative estimate of drug-likeness (QED) is 0.846. The lowest BCUT2D eigenvalue weighted by Gasteiger charge is -2.44. The van der Waals surface area contributed by atoms with Gasteiger partial charge in [0.15, 0.2) is 5.92 Å². The second-order valence-corrected chi connectivity index (χ2v) is 5.50. The first-order valence-electron chi connectivity index (χ1n) is 7.33. The molecule has 1 aliphatic heterocycles. The summed E-state index contributed by atoms with van der Waals surface area (Å²) in [5, 5.41) is 9.39. The third-order valence-corrected chi connectivity index (χ3v) is 4.07. The zero-order valence-corrected chi connectivity index (χ0v) is 13.4. The molecule has 0 N–H and O–H groups in total. The molecule has 1 aliphatic rings. The second kappa shape index (κ2) is 6.75. The summed E-state index contributed by atoms with van der Waals surface area (Å²) in [5.74, 6) is -1.84. The average molecular weight is 318 g/mol. The van der Waals surface area contributed by atoms with Gasteiger partial charge in [-0.2, -0.15) is 5.26 Å². The minimum atomic E-state index is -0.976. The maximum Gasteiger partial charge on any atom is 0.327 e. The monoisotopic (exact) mass is 318 g/mol. The van der Waals surface area contributed by atoms with E-state index in [0.29, 0.717) is 13.1 Å². The van der Waals surface area contributed by atoms with Crippen molar-refractivity contribution in [1.29, 1.82) is 5.26 Å². The molecular formula is C16H19FN4O2. The summed E-state index contributed by atoms with van der Waals surface area (Å²) in [5.41, 5.74) is 0.718. The van der Waals surface area contributed by atoms with Gasteiger partial charge >= 0.3 is 6.03 Å². The van der Waals surface area contributed by atoms with Crippen molar-refractivity contribution in [3.05, 3.63) is 35.6 Å². The molecule has 2 unspecified atom stereocenters. The van der Waals surface area contributed by atoms with Crippen LogP contribution in [0.25, 0.3) is 0 Å².